The van der Waals surface area contributed by atoms with Crippen molar-refractivity contribution >= 4 is 27.5 Å². The summed E-state index contributed by atoms with van der Waals surface area (Å²) in [4.78, 5) is 9.48. The summed E-state index contributed by atoms with van der Waals surface area (Å²) in [5.41, 5.74) is 7.87. The molecule has 7 rings (SSSR count). The number of rotatable bonds is 4. The second-order valence-corrected chi connectivity index (χ2v) is 9.20. The Morgan fingerprint density at radius 3 is 2.30 bits per heavy atom. The molecule has 176 valence electrons. The maximum absolute atomic E-state index is 5.12. The molecule has 0 bridgehead atoms. The normalized spacial score (nSPS) is 15.0. The number of dihydropyridines is 1. The number of hydrogen-bond acceptors (Lipinski definition) is 3. The van der Waals surface area contributed by atoms with E-state index >= 15 is 0 Å². The molecule has 0 fully saturated rings. The van der Waals surface area contributed by atoms with Crippen LogP contribution in [0.1, 0.15) is 17.3 Å². The van der Waals surface area contributed by atoms with Gasteiger partial charge in [0.25, 0.3) is 0 Å². The van der Waals surface area contributed by atoms with Crippen LogP contribution >= 0.6 is 0 Å². The van der Waals surface area contributed by atoms with E-state index in [4.69, 9.17) is 4.98 Å². The summed E-state index contributed by atoms with van der Waals surface area (Å²) in [6, 6.07) is 35.9. The minimum Gasteiger partial charge on any atom is -0.373 e. The zero-order valence-corrected chi connectivity index (χ0v) is 20.1. The van der Waals surface area contributed by atoms with Crippen LogP contribution in [0.15, 0.2) is 134 Å². The van der Waals surface area contributed by atoms with E-state index in [-0.39, 0.29) is 6.04 Å². The summed E-state index contributed by atoms with van der Waals surface area (Å²) in [6.07, 6.45) is 10.2. The van der Waals surface area contributed by atoms with Crippen LogP contribution in [0, 0.1) is 0 Å². The summed E-state index contributed by atoms with van der Waals surface area (Å²) >= 11 is 0. The topological polar surface area (TPSA) is 42.7 Å². The molecule has 6 aromatic rings. The van der Waals surface area contributed by atoms with Crippen molar-refractivity contribution in [2.75, 3.05) is 0 Å². The number of benzene rings is 3. The lowest BCUT2D eigenvalue weighted by Gasteiger charge is -2.22. The van der Waals surface area contributed by atoms with Crippen molar-refractivity contribution in [3.63, 3.8) is 0 Å². The molecular weight excluding hydrogens is 452 g/mol. The molecule has 4 heteroatoms. The summed E-state index contributed by atoms with van der Waals surface area (Å²) in [5, 5.41) is 5.99. The highest BCUT2D eigenvalue weighted by Gasteiger charge is 2.17. The van der Waals surface area contributed by atoms with Crippen molar-refractivity contribution in [2.24, 2.45) is 0 Å². The molecule has 1 aliphatic heterocycles. The van der Waals surface area contributed by atoms with Gasteiger partial charge in [-0.3, -0.25) is 9.55 Å². The molecule has 0 saturated heterocycles. The first-order valence-corrected chi connectivity index (χ1v) is 12.5. The third-order valence-electron chi connectivity index (χ3n) is 6.96. The molecule has 37 heavy (non-hydrogen) atoms. The number of aromatic nitrogens is 3. The fourth-order valence-corrected chi connectivity index (χ4v) is 5.15. The van der Waals surface area contributed by atoms with Crippen LogP contribution in [0.3, 0.4) is 0 Å². The monoisotopic (exact) mass is 476 g/mol. The first kappa shape index (κ1) is 21.3. The summed E-state index contributed by atoms with van der Waals surface area (Å²) in [7, 11) is 0. The van der Waals surface area contributed by atoms with Crippen molar-refractivity contribution in [2.45, 2.75) is 6.04 Å². The van der Waals surface area contributed by atoms with E-state index in [1.165, 1.54) is 16.5 Å². The third-order valence-corrected chi connectivity index (χ3v) is 6.96. The maximum atomic E-state index is 5.12. The summed E-state index contributed by atoms with van der Waals surface area (Å²) in [5.74, 6) is 0.897. The van der Waals surface area contributed by atoms with Crippen molar-refractivity contribution in [1.29, 1.82) is 0 Å². The Kier molecular flexibility index (Phi) is 5.14. The van der Waals surface area contributed by atoms with Gasteiger partial charge in [0.05, 0.1) is 22.8 Å². The Bertz CT molecular complexity index is 1740. The van der Waals surface area contributed by atoms with E-state index in [0.717, 1.165) is 39.2 Å². The molecule has 0 amide bonds. The first-order valence-electron chi connectivity index (χ1n) is 12.5. The van der Waals surface area contributed by atoms with E-state index in [2.05, 4.69) is 130 Å². The van der Waals surface area contributed by atoms with Crippen molar-refractivity contribution in [3.8, 4) is 16.9 Å². The van der Waals surface area contributed by atoms with Crippen LogP contribution in [0.4, 0.5) is 0 Å². The summed E-state index contributed by atoms with van der Waals surface area (Å²) in [6.45, 7) is 0. The molecular formula is C33H24N4. The zero-order valence-electron chi connectivity index (χ0n) is 20.1. The lowest BCUT2D eigenvalue weighted by molar-refractivity contribution is 0.733. The van der Waals surface area contributed by atoms with Gasteiger partial charge in [0.2, 0.25) is 0 Å². The van der Waals surface area contributed by atoms with E-state index in [0.29, 0.717) is 0 Å². The number of nitrogens with zero attached hydrogens (tertiary/aromatic N) is 3. The Balaban J connectivity index is 1.21. The second-order valence-electron chi connectivity index (χ2n) is 9.20. The van der Waals surface area contributed by atoms with Gasteiger partial charge in [-0.25, -0.2) is 4.98 Å². The van der Waals surface area contributed by atoms with Crippen molar-refractivity contribution < 1.29 is 0 Å². The van der Waals surface area contributed by atoms with Gasteiger partial charge in [-0.05, 0) is 47.0 Å². The number of fused-ring (bicyclic) bond motifs is 3. The van der Waals surface area contributed by atoms with Gasteiger partial charge < -0.3 is 5.32 Å². The van der Waals surface area contributed by atoms with Gasteiger partial charge in [0, 0.05) is 28.9 Å². The minimum absolute atomic E-state index is 0.0245. The fraction of sp³-hybridized carbons (Fsp3) is 0.0303. The Labute approximate surface area is 215 Å². The van der Waals surface area contributed by atoms with Crippen LogP contribution in [-0.2, 0) is 0 Å². The van der Waals surface area contributed by atoms with Crippen LogP contribution in [0.5, 0.6) is 0 Å². The number of allylic oxidation sites excluding steroid dienone is 2. The fourth-order valence-electron chi connectivity index (χ4n) is 5.15. The van der Waals surface area contributed by atoms with Gasteiger partial charge in [-0.2, -0.15) is 0 Å². The number of pyridine rings is 2. The maximum Gasteiger partial charge on any atom is 0.137 e. The van der Waals surface area contributed by atoms with Crippen molar-refractivity contribution in [3.05, 3.63) is 145 Å². The van der Waals surface area contributed by atoms with E-state index in [1.54, 1.807) is 0 Å². The highest BCUT2D eigenvalue weighted by Crippen LogP contribution is 2.32. The van der Waals surface area contributed by atoms with Gasteiger partial charge in [0.15, 0.2) is 0 Å². The lowest BCUT2D eigenvalue weighted by Crippen LogP contribution is -2.21. The lowest BCUT2D eigenvalue weighted by atomic mass is 10.0. The SMILES string of the molecule is C1=CC(c2cccc(-n3c4ccccc4c4cnccc43)n2)NC(c2ccc(-c3ccccc3)cc2)=C1. The van der Waals surface area contributed by atoms with E-state index in [1.807, 2.05) is 18.5 Å². The molecule has 1 atom stereocenters. The molecule has 0 spiro atoms. The largest absolute Gasteiger partial charge is 0.373 e. The van der Waals surface area contributed by atoms with Crippen molar-refractivity contribution in [1.82, 2.24) is 19.9 Å². The van der Waals surface area contributed by atoms with Crippen LogP contribution in [0.2, 0.25) is 0 Å². The molecule has 1 unspecified atom stereocenters. The standard InChI is InChI=1S/C33H24N4/c1-2-8-23(9-3-1)24-16-18-25(19-17-24)28-11-6-12-29(35-28)30-13-7-15-33(36-30)37-31-14-5-4-10-26(31)27-22-34-21-20-32(27)37/h1-22,29,35H. The Morgan fingerprint density at radius 1 is 0.649 bits per heavy atom. The first-order chi connectivity index (χ1) is 18.3. The van der Waals surface area contributed by atoms with E-state index in [9.17, 15) is 0 Å². The van der Waals surface area contributed by atoms with Gasteiger partial charge in [-0.15, -0.1) is 0 Å². The number of para-hydroxylation sites is 1. The molecule has 3 aromatic carbocycles. The van der Waals surface area contributed by atoms with Crippen LogP contribution < -0.4 is 5.32 Å². The quantitative estimate of drug-likeness (QED) is 0.287. The second kappa shape index (κ2) is 8.92. The molecule has 0 radical (unpaired) electrons. The minimum atomic E-state index is -0.0245. The molecule has 1 aliphatic rings. The highest BCUT2D eigenvalue weighted by molar-refractivity contribution is 6.08. The van der Waals surface area contributed by atoms with Gasteiger partial charge in [0.1, 0.15) is 5.82 Å². The molecule has 4 heterocycles. The molecule has 0 saturated carbocycles. The van der Waals surface area contributed by atoms with Gasteiger partial charge >= 0.3 is 0 Å². The van der Waals surface area contributed by atoms with Crippen LogP contribution in [-0.4, -0.2) is 14.5 Å². The average Bonchev–Trinajstić information content (AvgIpc) is 3.32. The number of nitrogens with one attached hydrogen (secondary N) is 1. The molecule has 3 aromatic heterocycles. The molecule has 0 aliphatic carbocycles. The smallest absolute Gasteiger partial charge is 0.137 e. The van der Waals surface area contributed by atoms with Crippen LogP contribution in [0.25, 0.3) is 44.4 Å². The molecule has 1 N–H and O–H groups in total. The Morgan fingerprint density at radius 2 is 1.41 bits per heavy atom. The predicted octanol–water partition coefficient (Wildman–Crippen LogP) is 7.48. The summed E-state index contributed by atoms with van der Waals surface area (Å²) < 4.78 is 2.22. The highest BCUT2D eigenvalue weighted by atomic mass is 15.1. The average molecular weight is 477 g/mol. The zero-order chi connectivity index (χ0) is 24.6. The number of hydrogen-bond donors (Lipinski definition) is 1. The Hall–Kier alpha value is -4.96. The van der Waals surface area contributed by atoms with E-state index < -0.39 is 0 Å². The third kappa shape index (κ3) is 3.80. The predicted molar refractivity (Wildman–Crippen MR) is 151 cm³/mol. The molecule has 4 nitrogen and oxygen atoms in total. The van der Waals surface area contributed by atoms with Gasteiger partial charge in [-0.1, -0.05) is 91.0 Å².